The second-order valence-corrected chi connectivity index (χ2v) is 4.31. The first kappa shape index (κ1) is 9.79. The van der Waals surface area contributed by atoms with Gasteiger partial charge in [0.1, 0.15) is 0 Å². The molecule has 1 aliphatic rings. The van der Waals surface area contributed by atoms with Gasteiger partial charge in [0.2, 0.25) is 0 Å². The third-order valence-electron chi connectivity index (χ3n) is 2.55. The van der Waals surface area contributed by atoms with Crippen molar-refractivity contribution in [1.82, 2.24) is 0 Å². The van der Waals surface area contributed by atoms with Crippen LogP contribution in [0.15, 0.2) is 12.2 Å². The Hall–Kier alpha value is -0.300. The highest BCUT2D eigenvalue weighted by Gasteiger charge is 2.29. The average Bonchev–Trinajstić information content (AvgIpc) is 2.35. The molecule has 0 aromatic heterocycles. The molecular weight excluding hydrogens is 148 g/mol. The van der Waals surface area contributed by atoms with Gasteiger partial charge in [-0.3, -0.25) is 0 Å². The van der Waals surface area contributed by atoms with E-state index in [1.54, 1.807) is 0 Å². The van der Waals surface area contributed by atoms with Crippen LogP contribution < -0.4 is 0 Å². The van der Waals surface area contributed by atoms with Crippen molar-refractivity contribution in [3.05, 3.63) is 12.2 Å². The van der Waals surface area contributed by atoms with E-state index < -0.39 is 0 Å². The minimum Gasteiger partial charge on any atom is -0.390 e. The lowest BCUT2D eigenvalue weighted by Gasteiger charge is -2.19. The van der Waals surface area contributed by atoms with Crippen molar-refractivity contribution in [2.24, 2.45) is 5.92 Å². The summed E-state index contributed by atoms with van der Waals surface area (Å²) in [6.07, 6.45) is 9.56. The molecule has 0 aliphatic heterocycles. The maximum absolute atomic E-state index is 9.95. The Morgan fingerprint density at radius 3 is 2.42 bits per heavy atom. The van der Waals surface area contributed by atoms with Gasteiger partial charge in [0.15, 0.2) is 0 Å². The van der Waals surface area contributed by atoms with E-state index in [2.05, 4.69) is 26.0 Å². The molecule has 0 atom stereocenters. The summed E-state index contributed by atoms with van der Waals surface area (Å²) in [6, 6.07) is 0. The topological polar surface area (TPSA) is 20.2 Å². The lowest BCUT2D eigenvalue weighted by Crippen LogP contribution is -2.22. The number of aliphatic hydroxyl groups is 1. The van der Waals surface area contributed by atoms with Crippen LogP contribution in [0.5, 0.6) is 0 Å². The lowest BCUT2D eigenvalue weighted by molar-refractivity contribution is 0.0508. The van der Waals surface area contributed by atoms with Crippen LogP contribution in [0.1, 0.15) is 46.0 Å². The minimum atomic E-state index is -0.356. The van der Waals surface area contributed by atoms with E-state index in [1.807, 2.05) is 0 Å². The fraction of sp³-hybridized carbons (Fsp3) is 0.818. The Kier molecular flexibility index (Phi) is 3.33. The van der Waals surface area contributed by atoms with Crippen molar-refractivity contribution in [3.63, 3.8) is 0 Å². The summed E-state index contributed by atoms with van der Waals surface area (Å²) in [5.41, 5.74) is -0.356. The van der Waals surface area contributed by atoms with Crippen molar-refractivity contribution in [2.75, 3.05) is 0 Å². The second-order valence-electron chi connectivity index (χ2n) is 4.31. The second kappa shape index (κ2) is 4.08. The van der Waals surface area contributed by atoms with Crippen molar-refractivity contribution in [1.29, 1.82) is 0 Å². The van der Waals surface area contributed by atoms with Crippen LogP contribution in [0, 0.1) is 5.92 Å². The summed E-state index contributed by atoms with van der Waals surface area (Å²) in [6.45, 7) is 4.32. The van der Waals surface area contributed by atoms with E-state index in [0.717, 1.165) is 19.3 Å². The Morgan fingerprint density at radius 2 is 1.92 bits per heavy atom. The van der Waals surface area contributed by atoms with Crippen LogP contribution in [0.25, 0.3) is 0 Å². The van der Waals surface area contributed by atoms with E-state index in [4.69, 9.17) is 0 Å². The molecule has 0 radical (unpaired) electrons. The van der Waals surface area contributed by atoms with Crippen molar-refractivity contribution in [2.45, 2.75) is 51.6 Å². The first-order valence-electron chi connectivity index (χ1n) is 5.01. The molecule has 1 rings (SSSR count). The van der Waals surface area contributed by atoms with Gasteiger partial charge in [0.25, 0.3) is 0 Å². The van der Waals surface area contributed by atoms with Crippen LogP contribution >= 0.6 is 0 Å². The Bertz CT molecular complexity index is 152. The lowest BCUT2D eigenvalue weighted by atomic mass is 9.97. The molecule has 0 aromatic carbocycles. The highest BCUT2D eigenvalue weighted by molar-refractivity contribution is 4.95. The van der Waals surface area contributed by atoms with Gasteiger partial charge in [0.05, 0.1) is 5.60 Å². The Balaban J connectivity index is 2.30. The summed E-state index contributed by atoms with van der Waals surface area (Å²) >= 11 is 0. The standard InChI is InChI=1S/C11H20O/c1-10(2)6-5-9-11(12)7-3-4-8-11/h5-6,10,12H,3-4,7-9H2,1-2H3/b6-5+. The van der Waals surface area contributed by atoms with Crippen LogP contribution in [-0.2, 0) is 0 Å². The summed E-state index contributed by atoms with van der Waals surface area (Å²) in [4.78, 5) is 0. The zero-order chi connectivity index (χ0) is 9.03. The third kappa shape index (κ3) is 2.98. The van der Waals surface area contributed by atoms with Crippen molar-refractivity contribution < 1.29 is 5.11 Å². The Labute approximate surface area is 75.5 Å². The van der Waals surface area contributed by atoms with Gasteiger partial charge in [-0.05, 0) is 25.2 Å². The number of allylic oxidation sites excluding steroid dienone is 1. The summed E-state index contributed by atoms with van der Waals surface area (Å²) in [5, 5.41) is 9.95. The van der Waals surface area contributed by atoms with Crippen LogP contribution in [0.2, 0.25) is 0 Å². The number of rotatable bonds is 3. The van der Waals surface area contributed by atoms with Gasteiger partial charge < -0.3 is 5.11 Å². The molecule has 70 valence electrons. The maximum atomic E-state index is 9.95. The van der Waals surface area contributed by atoms with Crippen LogP contribution in [0.3, 0.4) is 0 Å². The molecule has 0 amide bonds. The van der Waals surface area contributed by atoms with Crippen LogP contribution in [-0.4, -0.2) is 10.7 Å². The molecule has 1 saturated carbocycles. The van der Waals surface area contributed by atoms with Gasteiger partial charge in [-0.15, -0.1) is 0 Å². The molecule has 0 unspecified atom stereocenters. The molecule has 1 aliphatic carbocycles. The van der Waals surface area contributed by atoms with Gasteiger partial charge >= 0.3 is 0 Å². The molecule has 1 fully saturated rings. The van der Waals surface area contributed by atoms with E-state index in [1.165, 1.54) is 12.8 Å². The highest BCUT2D eigenvalue weighted by Crippen LogP contribution is 2.32. The Morgan fingerprint density at radius 1 is 1.33 bits per heavy atom. The summed E-state index contributed by atoms with van der Waals surface area (Å²) in [7, 11) is 0. The number of hydrogen-bond acceptors (Lipinski definition) is 1. The quantitative estimate of drug-likeness (QED) is 0.642. The van der Waals surface area contributed by atoms with Gasteiger partial charge in [0, 0.05) is 0 Å². The number of hydrogen-bond donors (Lipinski definition) is 1. The molecular formula is C11H20O. The first-order valence-corrected chi connectivity index (χ1v) is 5.01. The maximum Gasteiger partial charge on any atom is 0.0682 e. The molecule has 0 saturated heterocycles. The largest absolute Gasteiger partial charge is 0.390 e. The first-order chi connectivity index (χ1) is 5.62. The summed E-state index contributed by atoms with van der Waals surface area (Å²) in [5.74, 6) is 0.606. The van der Waals surface area contributed by atoms with E-state index in [9.17, 15) is 5.11 Å². The third-order valence-corrected chi connectivity index (χ3v) is 2.55. The van der Waals surface area contributed by atoms with Gasteiger partial charge in [-0.2, -0.15) is 0 Å². The fourth-order valence-corrected chi connectivity index (χ4v) is 1.80. The monoisotopic (exact) mass is 168 g/mol. The SMILES string of the molecule is CC(C)/C=C/CC1(O)CCCC1. The van der Waals surface area contributed by atoms with Gasteiger partial charge in [-0.25, -0.2) is 0 Å². The highest BCUT2D eigenvalue weighted by atomic mass is 16.3. The van der Waals surface area contributed by atoms with Crippen molar-refractivity contribution in [3.8, 4) is 0 Å². The zero-order valence-corrected chi connectivity index (χ0v) is 8.21. The average molecular weight is 168 g/mol. The normalized spacial score (nSPS) is 22.7. The van der Waals surface area contributed by atoms with E-state index in [0.29, 0.717) is 5.92 Å². The molecule has 0 bridgehead atoms. The molecule has 12 heavy (non-hydrogen) atoms. The smallest absolute Gasteiger partial charge is 0.0682 e. The van der Waals surface area contributed by atoms with Gasteiger partial charge in [-0.1, -0.05) is 38.8 Å². The molecule has 0 aromatic rings. The summed E-state index contributed by atoms with van der Waals surface area (Å²) < 4.78 is 0. The molecule has 0 heterocycles. The molecule has 1 heteroatoms. The fourth-order valence-electron chi connectivity index (χ4n) is 1.80. The zero-order valence-electron chi connectivity index (χ0n) is 8.21. The van der Waals surface area contributed by atoms with Crippen LogP contribution in [0.4, 0.5) is 0 Å². The molecule has 0 spiro atoms. The predicted molar refractivity (Wildman–Crippen MR) is 52.0 cm³/mol. The van der Waals surface area contributed by atoms with E-state index in [-0.39, 0.29) is 5.60 Å². The minimum absolute atomic E-state index is 0.356. The van der Waals surface area contributed by atoms with E-state index >= 15 is 0 Å². The van der Waals surface area contributed by atoms with Crippen molar-refractivity contribution >= 4 is 0 Å². The molecule has 1 N–H and O–H groups in total. The molecule has 1 nitrogen and oxygen atoms in total. The predicted octanol–water partition coefficient (Wildman–Crippen LogP) is 2.89.